The molecule has 0 aliphatic carbocycles. The van der Waals surface area contributed by atoms with E-state index >= 15 is 0 Å². The molecule has 0 radical (unpaired) electrons. The monoisotopic (exact) mass is 306 g/mol. The molecule has 2 heterocycles. The lowest BCUT2D eigenvalue weighted by molar-refractivity contribution is 0.192. The molecular weight excluding hydrogens is 276 g/mol. The summed E-state index contributed by atoms with van der Waals surface area (Å²) in [6.07, 6.45) is 4.35. The van der Waals surface area contributed by atoms with Gasteiger partial charge in [-0.05, 0) is 50.9 Å². The van der Waals surface area contributed by atoms with Gasteiger partial charge in [0.15, 0.2) is 5.96 Å². The number of hydrogen-bond acceptors (Lipinski definition) is 3. The summed E-state index contributed by atoms with van der Waals surface area (Å²) in [5.74, 6) is 2.39. The van der Waals surface area contributed by atoms with Crippen LogP contribution in [-0.4, -0.2) is 43.1 Å². The first-order valence-electron chi connectivity index (χ1n) is 8.49. The van der Waals surface area contributed by atoms with E-state index < -0.39 is 0 Å². The van der Waals surface area contributed by atoms with Gasteiger partial charge in [0.2, 0.25) is 0 Å². The molecule has 1 aromatic rings. The molecule has 124 valence electrons. The van der Waals surface area contributed by atoms with Crippen molar-refractivity contribution in [3.05, 3.63) is 24.2 Å². The molecule has 1 aliphatic heterocycles. The first-order valence-corrected chi connectivity index (χ1v) is 8.49. The number of rotatable bonds is 7. The molecule has 1 aromatic heterocycles. The number of guanidine groups is 1. The first kappa shape index (κ1) is 16.9. The van der Waals surface area contributed by atoms with Crippen molar-refractivity contribution in [2.75, 3.05) is 26.2 Å². The highest BCUT2D eigenvalue weighted by atomic mass is 16.3. The Morgan fingerprint density at radius 3 is 2.68 bits per heavy atom. The fraction of sp³-hybridized carbons (Fsp3) is 0.706. The van der Waals surface area contributed by atoms with Crippen LogP contribution in [0.3, 0.4) is 0 Å². The number of aliphatic imine (C=N–C) groups is 1. The largest absolute Gasteiger partial charge is 0.467 e. The normalized spacial score (nSPS) is 17.9. The van der Waals surface area contributed by atoms with Crippen molar-refractivity contribution in [3.63, 3.8) is 0 Å². The third-order valence-electron chi connectivity index (χ3n) is 4.18. The number of nitrogens with zero attached hydrogens (tertiary/aromatic N) is 2. The minimum atomic E-state index is 0.565. The van der Waals surface area contributed by atoms with Crippen LogP contribution in [0.2, 0.25) is 0 Å². The maximum Gasteiger partial charge on any atom is 0.191 e. The van der Waals surface area contributed by atoms with Gasteiger partial charge in [-0.3, -0.25) is 4.90 Å². The van der Waals surface area contributed by atoms with E-state index in [1.54, 1.807) is 6.26 Å². The summed E-state index contributed by atoms with van der Waals surface area (Å²) in [6, 6.07) is 4.41. The van der Waals surface area contributed by atoms with Crippen LogP contribution in [0.25, 0.3) is 0 Å². The Bertz CT molecular complexity index is 436. The highest BCUT2D eigenvalue weighted by Crippen LogP contribution is 2.17. The quantitative estimate of drug-likeness (QED) is 0.600. The summed E-state index contributed by atoms with van der Waals surface area (Å²) in [5.41, 5.74) is 0. The fourth-order valence-electron chi connectivity index (χ4n) is 2.96. The van der Waals surface area contributed by atoms with Crippen LogP contribution in [0.5, 0.6) is 0 Å². The van der Waals surface area contributed by atoms with E-state index in [1.807, 2.05) is 12.1 Å². The second-order valence-corrected chi connectivity index (χ2v) is 6.21. The Morgan fingerprint density at radius 1 is 1.32 bits per heavy atom. The third kappa shape index (κ3) is 5.05. The van der Waals surface area contributed by atoms with Crippen LogP contribution in [0.4, 0.5) is 0 Å². The number of furan rings is 1. The van der Waals surface area contributed by atoms with Crippen LogP contribution >= 0.6 is 0 Å². The average molecular weight is 306 g/mol. The lowest BCUT2D eigenvalue weighted by Crippen LogP contribution is -2.48. The molecule has 5 heteroatoms. The number of hydrogen-bond donors (Lipinski definition) is 2. The Labute approximate surface area is 134 Å². The van der Waals surface area contributed by atoms with Gasteiger partial charge >= 0.3 is 0 Å². The van der Waals surface area contributed by atoms with Gasteiger partial charge in [0.1, 0.15) is 12.3 Å². The van der Waals surface area contributed by atoms with Gasteiger partial charge in [0.05, 0.1) is 6.26 Å². The molecule has 0 saturated carbocycles. The van der Waals surface area contributed by atoms with Crippen molar-refractivity contribution in [3.8, 4) is 0 Å². The van der Waals surface area contributed by atoms with Crippen molar-refractivity contribution in [1.82, 2.24) is 15.5 Å². The third-order valence-corrected chi connectivity index (χ3v) is 4.18. The fourth-order valence-corrected chi connectivity index (χ4v) is 2.96. The highest BCUT2D eigenvalue weighted by Gasteiger charge is 2.24. The first-order chi connectivity index (χ1) is 10.7. The van der Waals surface area contributed by atoms with E-state index in [0.29, 0.717) is 18.5 Å². The summed E-state index contributed by atoms with van der Waals surface area (Å²) in [4.78, 5) is 7.20. The van der Waals surface area contributed by atoms with Crippen molar-refractivity contribution in [2.45, 2.75) is 46.2 Å². The standard InChI is InChI=1S/C17H30N4O/c1-4-18-17(19-12-15-8-7-11-22-15)20-13-16(14(2)3)21-9-5-6-10-21/h7-8,11,14,16H,4-6,9-10,12-13H2,1-3H3,(H2,18,19,20). The molecule has 0 amide bonds. The smallest absolute Gasteiger partial charge is 0.191 e. The Kier molecular flexibility index (Phi) is 6.77. The van der Waals surface area contributed by atoms with Crippen molar-refractivity contribution in [2.24, 2.45) is 10.9 Å². The molecule has 1 saturated heterocycles. The van der Waals surface area contributed by atoms with E-state index in [4.69, 9.17) is 4.42 Å². The summed E-state index contributed by atoms with van der Waals surface area (Å²) < 4.78 is 5.34. The van der Waals surface area contributed by atoms with Gasteiger partial charge in [0.25, 0.3) is 0 Å². The zero-order chi connectivity index (χ0) is 15.8. The van der Waals surface area contributed by atoms with Crippen LogP contribution in [0.1, 0.15) is 39.4 Å². The van der Waals surface area contributed by atoms with E-state index in [1.165, 1.54) is 25.9 Å². The van der Waals surface area contributed by atoms with Crippen molar-refractivity contribution < 1.29 is 4.42 Å². The molecule has 5 nitrogen and oxygen atoms in total. The minimum Gasteiger partial charge on any atom is -0.467 e. The predicted octanol–water partition coefficient (Wildman–Crippen LogP) is 2.46. The van der Waals surface area contributed by atoms with Crippen LogP contribution < -0.4 is 10.6 Å². The van der Waals surface area contributed by atoms with Crippen molar-refractivity contribution in [1.29, 1.82) is 0 Å². The molecule has 22 heavy (non-hydrogen) atoms. The lowest BCUT2D eigenvalue weighted by atomic mass is 10.0. The molecule has 1 aliphatic rings. The number of nitrogens with one attached hydrogen (secondary N) is 2. The molecule has 0 spiro atoms. The number of likely N-dealkylation sites (tertiary alicyclic amines) is 1. The topological polar surface area (TPSA) is 52.8 Å². The van der Waals surface area contributed by atoms with Gasteiger partial charge in [-0.2, -0.15) is 0 Å². The Morgan fingerprint density at radius 2 is 2.09 bits per heavy atom. The van der Waals surface area contributed by atoms with E-state index in [2.05, 4.69) is 41.3 Å². The molecule has 2 rings (SSSR count). The summed E-state index contributed by atoms with van der Waals surface area (Å²) >= 11 is 0. The maximum absolute atomic E-state index is 5.34. The molecule has 0 bridgehead atoms. The van der Waals surface area contributed by atoms with Crippen LogP contribution in [0.15, 0.2) is 27.8 Å². The SMILES string of the molecule is CCNC(=NCc1ccco1)NCC(C(C)C)N1CCCC1. The second-order valence-electron chi connectivity index (χ2n) is 6.21. The van der Waals surface area contributed by atoms with E-state index in [0.717, 1.165) is 24.8 Å². The van der Waals surface area contributed by atoms with Crippen LogP contribution in [0, 0.1) is 5.92 Å². The molecule has 1 atom stereocenters. The van der Waals surface area contributed by atoms with Crippen molar-refractivity contribution >= 4 is 5.96 Å². The maximum atomic E-state index is 5.34. The van der Waals surface area contributed by atoms with Gasteiger partial charge in [-0.25, -0.2) is 4.99 Å². The zero-order valence-corrected chi connectivity index (χ0v) is 14.1. The van der Waals surface area contributed by atoms with E-state index in [-0.39, 0.29) is 0 Å². The minimum absolute atomic E-state index is 0.565. The van der Waals surface area contributed by atoms with Gasteiger partial charge in [-0.1, -0.05) is 13.8 Å². The summed E-state index contributed by atoms with van der Waals surface area (Å²) in [5, 5.41) is 6.81. The highest BCUT2D eigenvalue weighted by molar-refractivity contribution is 5.79. The molecule has 2 N–H and O–H groups in total. The molecule has 1 fully saturated rings. The average Bonchev–Trinajstić information content (AvgIpc) is 3.18. The van der Waals surface area contributed by atoms with Gasteiger partial charge in [-0.15, -0.1) is 0 Å². The molecule has 0 aromatic carbocycles. The van der Waals surface area contributed by atoms with Gasteiger partial charge < -0.3 is 15.1 Å². The van der Waals surface area contributed by atoms with Crippen LogP contribution in [-0.2, 0) is 6.54 Å². The van der Waals surface area contributed by atoms with Gasteiger partial charge in [0, 0.05) is 19.1 Å². The molecule has 1 unspecified atom stereocenters. The lowest BCUT2D eigenvalue weighted by Gasteiger charge is -2.31. The zero-order valence-electron chi connectivity index (χ0n) is 14.1. The Balaban J connectivity index is 1.89. The predicted molar refractivity (Wildman–Crippen MR) is 91.0 cm³/mol. The summed E-state index contributed by atoms with van der Waals surface area (Å²) in [6.45, 7) is 11.5. The second kappa shape index (κ2) is 8.83. The Hall–Kier alpha value is -1.49. The summed E-state index contributed by atoms with van der Waals surface area (Å²) in [7, 11) is 0. The molecular formula is C17H30N4O. The van der Waals surface area contributed by atoms with E-state index in [9.17, 15) is 0 Å².